The standard InChI is InChI=1S/C6H5N3O3S.Ag.K.H/c10-13(11,12)5-3-1-2-4-6(5)8-9-7-4;;;/h1-3H,(H,7,8,9)(H,10,11,12);;;/q;+1;;/p-1. The molecule has 0 aliphatic rings. The monoisotopic (exact) mass is 345 g/mol. The summed E-state index contributed by atoms with van der Waals surface area (Å²) in [4.78, 5) is -0.348. The van der Waals surface area contributed by atoms with Gasteiger partial charge in [0.05, 0.1) is 10.4 Å². The topological polar surface area (TPSA) is 98.8 Å². The fourth-order valence-electron chi connectivity index (χ4n) is 1.05. The van der Waals surface area contributed by atoms with Gasteiger partial charge in [-0.1, -0.05) is 11.3 Å². The van der Waals surface area contributed by atoms with E-state index in [4.69, 9.17) is 0 Å². The third-order valence-corrected chi connectivity index (χ3v) is 2.46. The van der Waals surface area contributed by atoms with Gasteiger partial charge in [0.2, 0.25) is 0 Å². The molecule has 0 bridgehead atoms. The summed E-state index contributed by atoms with van der Waals surface area (Å²) in [6.07, 6.45) is 0. The van der Waals surface area contributed by atoms with Gasteiger partial charge in [0.1, 0.15) is 15.6 Å². The number of benzene rings is 1. The van der Waals surface area contributed by atoms with Crippen LogP contribution in [0.3, 0.4) is 0 Å². The molecule has 1 heterocycles. The van der Waals surface area contributed by atoms with Gasteiger partial charge in [-0.2, -0.15) is 0 Å². The summed E-state index contributed by atoms with van der Waals surface area (Å²) in [5, 5.41) is 9.37. The quantitative estimate of drug-likeness (QED) is 0.539. The SMILES string of the molecule is O=S(=O)([O-])c1cccc2[nH]nnc12.[Ag+].[KH]. The van der Waals surface area contributed by atoms with Crippen molar-refractivity contribution < 1.29 is 35.4 Å². The fourth-order valence-corrected chi connectivity index (χ4v) is 1.68. The van der Waals surface area contributed by atoms with Gasteiger partial charge >= 0.3 is 73.8 Å². The van der Waals surface area contributed by atoms with E-state index < -0.39 is 10.1 Å². The van der Waals surface area contributed by atoms with Crippen LogP contribution in [0.1, 0.15) is 0 Å². The Labute approximate surface area is 144 Å². The Morgan fingerprint density at radius 2 is 2.00 bits per heavy atom. The van der Waals surface area contributed by atoms with Crippen LogP contribution in [-0.4, -0.2) is 79.8 Å². The van der Waals surface area contributed by atoms with Gasteiger partial charge in [0.15, 0.2) is 0 Å². The molecule has 2 rings (SSSR count). The van der Waals surface area contributed by atoms with E-state index in [9.17, 15) is 13.0 Å². The second kappa shape index (κ2) is 6.01. The first-order valence-electron chi connectivity index (χ1n) is 3.35. The Kier molecular flexibility index (Phi) is 6.37. The molecule has 0 atom stereocenters. The molecular formula is C6H5AgKN3O3S. The summed E-state index contributed by atoms with van der Waals surface area (Å²) in [5.41, 5.74) is 0.509. The number of rotatable bonds is 1. The third kappa shape index (κ3) is 3.43. The van der Waals surface area contributed by atoms with Crippen LogP contribution in [0.5, 0.6) is 0 Å². The summed E-state index contributed by atoms with van der Waals surface area (Å²) in [6.45, 7) is 0. The first kappa shape index (κ1) is 15.9. The van der Waals surface area contributed by atoms with Crippen molar-refractivity contribution in [2.75, 3.05) is 0 Å². The zero-order valence-corrected chi connectivity index (χ0v) is 8.86. The van der Waals surface area contributed by atoms with Crippen LogP contribution in [0.2, 0.25) is 0 Å². The van der Waals surface area contributed by atoms with Crippen LogP contribution in [0.4, 0.5) is 0 Å². The first-order valence-corrected chi connectivity index (χ1v) is 4.75. The van der Waals surface area contributed by atoms with Crippen LogP contribution < -0.4 is 0 Å². The number of hydrogen-bond acceptors (Lipinski definition) is 5. The number of H-pyrrole nitrogens is 1. The Morgan fingerprint density at radius 1 is 1.33 bits per heavy atom. The number of fused-ring (bicyclic) bond motifs is 1. The van der Waals surface area contributed by atoms with Gasteiger partial charge in [-0.3, -0.25) is 5.10 Å². The minimum atomic E-state index is -4.47. The summed E-state index contributed by atoms with van der Waals surface area (Å²) >= 11 is 0. The Hall–Kier alpha value is 0.907. The second-order valence-corrected chi connectivity index (χ2v) is 3.77. The van der Waals surface area contributed by atoms with Crippen LogP contribution in [0.15, 0.2) is 23.1 Å². The van der Waals surface area contributed by atoms with Crippen LogP contribution in [0.25, 0.3) is 11.0 Å². The molecule has 15 heavy (non-hydrogen) atoms. The van der Waals surface area contributed by atoms with Gasteiger partial charge in [-0.05, 0) is 12.1 Å². The Balaban J connectivity index is 0.000000980. The van der Waals surface area contributed by atoms with Gasteiger partial charge in [-0.25, -0.2) is 8.42 Å². The molecule has 0 fully saturated rings. The minimum absolute atomic E-state index is 0. The molecule has 0 radical (unpaired) electrons. The summed E-state index contributed by atoms with van der Waals surface area (Å²) < 4.78 is 32.1. The van der Waals surface area contributed by atoms with Crippen LogP contribution in [-0.2, 0) is 32.5 Å². The predicted octanol–water partition coefficient (Wildman–Crippen LogP) is -0.789. The summed E-state index contributed by atoms with van der Waals surface area (Å²) in [5.74, 6) is 0. The summed E-state index contributed by atoms with van der Waals surface area (Å²) in [6, 6.07) is 4.24. The number of nitrogens with zero attached hydrogens (tertiary/aromatic N) is 2. The zero-order valence-electron chi connectivity index (χ0n) is 6.56. The molecule has 0 spiro atoms. The normalized spacial score (nSPS) is 10.5. The fraction of sp³-hybridized carbons (Fsp3) is 0. The van der Waals surface area contributed by atoms with E-state index in [-0.39, 0.29) is 84.2 Å². The van der Waals surface area contributed by atoms with Gasteiger partial charge in [0, 0.05) is 0 Å². The van der Waals surface area contributed by atoms with Gasteiger partial charge in [0.25, 0.3) is 0 Å². The van der Waals surface area contributed by atoms with Crippen molar-refractivity contribution in [3.8, 4) is 0 Å². The predicted molar refractivity (Wildman–Crippen MR) is 49.0 cm³/mol. The van der Waals surface area contributed by atoms with E-state index in [2.05, 4.69) is 15.4 Å². The molecule has 1 aromatic carbocycles. The van der Waals surface area contributed by atoms with E-state index in [1.807, 2.05) is 0 Å². The van der Waals surface area contributed by atoms with Gasteiger partial charge < -0.3 is 4.55 Å². The molecular weight excluding hydrogens is 341 g/mol. The zero-order chi connectivity index (χ0) is 9.47. The second-order valence-electron chi connectivity index (χ2n) is 2.42. The molecule has 6 nitrogen and oxygen atoms in total. The van der Waals surface area contributed by atoms with Crippen molar-refractivity contribution in [1.82, 2.24) is 15.4 Å². The number of nitrogens with one attached hydrogen (secondary N) is 1. The Bertz CT molecular complexity index is 556. The van der Waals surface area contributed by atoms with Gasteiger partial charge in [-0.15, -0.1) is 5.10 Å². The van der Waals surface area contributed by atoms with E-state index in [1.165, 1.54) is 12.1 Å². The molecule has 0 unspecified atom stereocenters. The first-order chi connectivity index (χ1) is 6.09. The molecule has 0 aliphatic carbocycles. The summed E-state index contributed by atoms with van der Waals surface area (Å²) in [7, 11) is -4.47. The van der Waals surface area contributed by atoms with Crippen molar-refractivity contribution >= 4 is 72.5 Å². The third-order valence-electron chi connectivity index (χ3n) is 1.59. The Morgan fingerprint density at radius 3 is 2.60 bits per heavy atom. The molecule has 1 aromatic heterocycles. The average molecular weight is 346 g/mol. The van der Waals surface area contributed by atoms with E-state index in [1.54, 1.807) is 6.07 Å². The van der Waals surface area contributed by atoms with Crippen LogP contribution >= 0.6 is 0 Å². The maximum atomic E-state index is 10.7. The molecule has 0 saturated heterocycles. The molecule has 0 amide bonds. The van der Waals surface area contributed by atoms with E-state index in [0.29, 0.717) is 5.52 Å². The molecule has 0 saturated carbocycles. The van der Waals surface area contributed by atoms with Crippen molar-refractivity contribution in [3.63, 3.8) is 0 Å². The number of aromatic nitrogens is 3. The van der Waals surface area contributed by atoms with Crippen LogP contribution in [0, 0.1) is 0 Å². The molecule has 80 valence electrons. The maximum absolute atomic E-state index is 10.7. The van der Waals surface area contributed by atoms with Crippen molar-refractivity contribution in [2.45, 2.75) is 4.90 Å². The molecule has 9 heteroatoms. The van der Waals surface area contributed by atoms with E-state index in [0.717, 1.165) is 0 Å². The molecule has 0 aliphatic heterocycles. The van der Waals surface area contributed by atoms with E-state index >= 15 is 0 Å². The number of aromatic amines is 1. The molecule has 1 N–H and O–H groups in total. The number of hydrogen-bond donors (Lipinski definition) is 1. The van der Waals surface area contributed by atoms with Crippen molar-refractivity contribution in [1.29, 1.82) is 0 Å². The molecule has 2 aromatic rings. The van der Waals surface area contributed by atoms with Crippen molar-refractivity contribution in [2.24, 2.45) is 0 Å². The average Bonchev–Trinajstić information content (AvgIpc) is 2.48. The van der Waals surface area contributed by atoms with Crippen molar-refractivity contribution in [3.05, 3.63) is 18.2 Å².